The molecule has 0 fully saturated rings. The van der Waals surface area contributed by atoms with Gasteiger partial charge in [-0.3, -0.25) is 4.79 Å². The Morgan fingerprint density at radius 2 is 1.80 bits per heavy atom. The summed E-state index contributed by atoms with van der Waals surface area (Å²) < 4.78 is 5.84. The lowest BCUT2D eigenvalue weighted by atomic mass is 9.99. The number of hydrogen-bond donors (Lipinski definition) is 1. The van der Waals surface area contributed by atoms with E-state index in [2.05, 4.69) is 57.3 Å². The van der Waals surface area contributed by atoms with E-state index in [4.69, 9.17) is 4.74 Å². The molecule has 25 heavy (non-hydrogen) atoms. The third-order valence-electron chi connectivity index (χ3n) is 4.46. The van der Waals surface area contributed by atoms with E-state index in [-0.39, 0.29) is 18.6 Å². The number of carbonyl (C=O) groups is 1. The fraction of sp³-hybridized carbons (Fsp3) is 0.409. The molecular weight excluding hydrogens is 310 g/mol. The van der Waals surface area contributed by atoms with Crippen LogP contribution in [0.25, 0.3) is 0 Å². The highest BCUT2D eigenvalue weighted by Gasteiger charge is 2.16. The van der Waals surface area contributed by atoms with Crippen LogP contribution in [0.1, 0.15) is 61.4 Å². The van der Waals surface area contributed by atoms with E-state index in [9.17, 15) is 4.79 Å². The van der Waals surface area contributed by atoms with Gasteiger partial charge in [-0.05, 0) is 54.5 Å². The fourth-order valence-corrected chi connectivity index (χ4v) is 3.00. The lowest BCUT2D eigenvalue weighted by Crippen LogP contribution is -2.32. The number of carbonyl (C=O) groups excluding carboxylic acids is 1. The van der Waals surface area contributed by atoms with Crippen LogP contribution in [0.2, 0.25) is 0 Å². The molecule has 0 aromatic heterocycles. The summed E-state index contributed by atoms with van der Waals surface area (Å²) in [6.07, 6.45) is 0.846. The smallest absolute Gasteiger partial charge is 0.258 e. The van der Waals surface area contributed by atoms with Crippen molar-refractivity contribution in [2.75, 3.05) is 6.61 Å². The highest BCUT2D eigenvalue weighted by atomic mass is 16.5. The second-order valence-electron chi connectivity index (χ2n) is 6.87. The number of aryl methyl sites for hydroxylation is 2. The van der Waals surface area contributed by atoms with Crippen molar-refractivity contribution >= 4 is 5.91 Å². The molecule has 0 unspecified atom stereocenters. The van der Waals surface area contributed by atoms with Crippen molar-refractivity contribution in [3.8, 4) is 5.75 Å². The Kier molecular flexibility index (Phi) is 6.63. The van der Waals surface area contributed by atoms with E-state index in [1.807, 2.05) is 25.1 Å². The predicted molar refractivity (Wildman–Crippen MR) is 103 cm³/mol. The van der Waals surface area contributed by atoms with Gasteiger partial charge in [0.05, 0.1) is 6.04 Å². The molecule has 0 aliphatic heterocycles. The Balaban J connectivity index is 2.03. The number of hydrogen-bond acceptors (Lipinski definition) is 2. The minimum Gasteiger partial charge on any atom is -0.483 e. The Hall–Kier alpha value is -2.29. The molecule has 0 aliphatic carbocycles. The van der Waals surface area contributed by atoms with Gasteiger partial charge in [0.15, 0.2) is 6.61 Å². The molecule has 0 bridgehead atoms. The number of nitrogens with one attached hydrogen (secondary N) is 1. The van der Waals surface area contributed by atoms with E-state index in [1.165, 1.54) is 5.56 Å². The molecule has 134 valence electrons. The molecule has 0 saturated heterocycles. The lowest BCUT2D eigenvalue weighted by Gasteiger charge is -2.20. The normalized spacial score (nSPS) is 12.1. The average molecular weight is 339 g/mol. The first-order chi connectivity index (χ1) is 11.9. The van der Waals surface area contributed by atoms with Crippen LogP contribution in [-0.2, 0) is 4.79 Å². The second kappa shape index (κ2) is 8.70. The van der Waals surface area contributed by atoms with Crippen molar-refractivity contribution in [2.24, 2.45) is 0 Å². The van der Waals surface area contributed by atoms with Gasteiger partial charge in [0, 0.05) is 0 Å². The maximum atomic E-state index is 12.4. The standard InChI is InChI=1S/C22H29NO2/c1-6-20(19-10-8-7-9-17(19)5)23-22(24)14-25-21-13-16(4)11-12-18(21)15(2)3/h7-13,15,20H,6,14H2,1-5H3,(H,23,24)/t20-/m0/s1. The van der Waals surface area contributed by atoms with Gasteiger partial charge in [-0.25, -0.2) is 0 Å². The summed E-state index contributed by atoms with van der Waals surface area (Å²) in [5, 5.41) is 3.09. The van der Waals surface area contributed by atoms with Crippen molar-refractivity contribution in [1.29, 1.82) is 0 Å². The summed E-state index contributed by atoms with van der Waals surface area (Å²) in [5.41, 5.74) is 4.61. The van der Waals surface area contributed by atoms with Gasteiger partial charge >= 0.3 is 0 Å². The summed E-state index contributed by atoms with van der Waals surface area (Å²) in [5.74, 6) is 1.06. The van der Waals surface area contributed by atoms with Crippen LogP contribution in [0.4, 0.5) is 0 Å². The quantitative estimate of drug-likeness (QED) is 0.764. The highest BCUT2D eigenvalue weighted by Crippen LogP contribution is 2.27. The molecular formula is C22H29NO2. The highest BCUT2D eigenvalue weighted by molar-refractivity contribution is 5.78. The molecule has 0 aliphatic rings. The second-order valence-corrected chi connectivity index (χ2v) is 6.87. The van der Waals surface area contributed by atoms with Crippen LogP contribution in [0.5, 0.6) is 5.75 Å². The van der Waals surface area contributed by atoms with E-state index in [1.54, 1.807) is 0 Å². The van der Waals surface area contributed by atoms with E-state index >= 15 is 0 Å². The molecule has 1 amide bonds. The Labute approximate surface area is 151 Å². The average Bonchev–Trinajstić information content (AvgIpc) is 2.58. The first-order valence-electron chi connectivity index (χ1n) is 9.00. The topological polar surface area (TPSA) is 38.3 Å². The Morgan fingerprint density at radius 3 is 2.44 bits per heavy atom. The fourth-order valence-electron chi connectivity index (χ4n) is 3.00. The van der Waals surface area contributed by atoms with Gasteiger partial charge in [0.1, 0.15) is 5.75 Å². The third kappa shape index (κ3) is 5.09. The molecule has 1 N–H and O–H groups in total. The first-order valence-corrected chi connectivity index (χ1v) is 9.00. The van der Waals surface area contributed by atoms with Crippen molar-refractivity contribution in [3.63, 3.8) is 0 Å². The summed E-state index contributed by atoms with van der Waals surface area (Å²) >= 11 is 0. The minimum atomic E-state index is -0.0914. The van der Waals surface area contributed by atoms with Crippen LogP contribution in [0, 0.1) is 13.8 Å². The van der Waals surface area contributed by atoms with Crippen molar-refractivity contribution in [3.05, 3.63) is 64.7 Å². The van der Waals surface area contributed by atoms with Gasteiger partial charge in [0.2, 0.25) is 0 Å². The molecule has 3 nitrogen and oxygen atoms in total. The van der Waals surface area contributed by atoms with Gasteiger partial charge in [0.25, 0.3) is 5.91 Å². The first kappa shape index (κ1) is 19.0. The SMILES string of the molecule is CC[C@H](NC(=O)COc1cc(C)ccc1C(C)C)c1ccccc1C. The van der Waals surface area contributed by atoms with Crippen LogP contribution >= 0.6 is 0 Å². The Bertz CT molecular complexity index is 722. The minimum absolute atomic E-state index is 0.0133. The van der Waals surface area contributed by atoms with Gasteiger partial charge in [-0.15, -0.1) is 0 Å². The molecule has 2 rings (SSSR count). The summed E-state index contributed by atoms with van der Waals surface area (Å²) in [6, 6.07) is 14.3. The number of ether oxygens (including phenoxy) is 1. The van der Waals surface area contributed by atoms with Gasteiger partial charge in [-0.1, -0.05) is 57.2 Å². The summed E-state index contributed by atoms with van der Waals surface area (Å²) in [7, 11) is 0. The molecule has 2 aromatic carbocycles. The predicted octanol–water partition coefficient (Wildman–Crippen LogP) is 5.07. The van der Waals surface area contributed by atoms with E-state index in [0.29, 0.717) is 5.92 Å². The molecule has 1 atom stereocenters. The maximum Gasteiger partial charge on any atom is 0.258 e. The number of benzene rings is 2. The lowest BCUT2D eigenvalue weighted by molar-refractivity contribution is -0.123. The molecule has 0 heterocycles. The molecule has 3 heteroatoms. The van der Waals surface area contributed by atoms with Crippen molar-refractivity contribution in [1.82, 2.24) is 5.32 Å². The molecule has 0 spiro atoms. The summed E-state index contributed by atoms with van der Waals surface area (Å²) in [4.78, 5) is 12.4. The van der Waals surface area contributed by atoms with Crippen LogP contribution in [0.15, 0.2) is 42.5 Å². The number of amides is 1. The van der Waals surface area contributed by atoms with Crippen molar-refractivity contribution in [2.45, 2.75) is 53.0 Å². The zero-order valence-electron chi connectivity index (χ0n) is 15.9. The zero-order chi connectivity index (χ0) is 18.4. The van der Waals surface area contributed by atoms with Crippen LogP contribution in [0.3, 0.4) is 0 Å². The monoisotopic (exact) mass is 339 g/mol. The molecule has 0 saturated carbocycles. The third-order valence-corrected chi connectivity index (χ3v) is 4.46. The summed E-state index contributed by atoms with van der Waals surface area (Å²) in [6.45, 7) is 10.5. The van der Waals surface area contributed by atoms with Crippen LogP contribution in [-0.4, -0.2) is 12.5 Å². The number of rotatable bonds is 7. The van der Waals surface area contributed by atoms with Crippen molar-refractivity contribution < 1.29 is 9.53 Å². The Morgan fingerprint density at radius 1 is 1.08 bits per heavy atom. The molecule has 2 aromatic rings. The largest absolute Gasteiger partial charge is 0.483 e. The zero-order valence-corrected chi connectivity index (χ0v) is 15.9. The van der Waals surface area contributed by atoms with Crippen LogP contribution < -0.4 is 10.1 Å². The van der Waals surface area contributed by atoms with Gasteiger partial charge in [-0.2, -0.15) is 0 Å². The van der Waals surface area contributed by atoms with E-state index < -0.39 is 0 Å². The van der Waals surface area contributed by atoms with E-state index in [0.717, 1.165) is 28.9 Å². The maximum absolute atomic E-state index is 12.4. The van der Waals surface area contributed by atoms with Gasteiger partial charge < -0.3 is 10.1 Å². The molecule has 0 radical (unpaired) electrons.